The highest BCUT2D eigenvalue weighted by atomic mass is 19.1. The number of aromatic nitrogens is 3. The van der Waals surface area contributed by atoms with Crippen molar-refractivity contribution < 1.29 is 18.3 Å². The van der Waals surface area contributed by atoms with Gasteiger partial charge in [-0.3, -0.25) is 9.78 Å². The molecular formula is C28H28F2N4O3. The van der Waals surface area contributed by atoms with Gasteiger partial charge >= 0.3 is 0 Å². The van der Waals surface area contributed by atoms with E-state index in [0.29, 0.717) is 58.0 Å². The molecule has 1 aliphatic rings. The monoisotopic (exact) mass is 506 g/mol. The van der Waals surface area contributed by atoms with Crippen molar-refractivity contribution in [3.8, 4) is 22.8 Å². The Morgan fingerprint density at radius 1 is 1.00 bits per heavy atom. The van der Waals surface area contributed by atoms with E-state index in [0.717, 1.165) is 24.5 Å². The van der Waals surface area contributed by atoms with E-state index in [-0.39, 0.29) is 11.7 Å². The summed E-state index contributed by atoms with van der Waals surface area (Å²) in [4.78, 5) is 24.7. The zero-order valence-electron chi connectivity index (χ0n) is 20.8. The Hall–Kier alpha value is -3.85. The fraction of sp³-hybridized carbons (Fsp3) is 0.321. The van der Waals surface area contributed by atoms with E-state index in [9.17, 15) is 13.6 Å². The molecule has 3 heterocycles. The summed E-state index contributed by atoms with van der Waals surface area (Å²) < 4.78 is 38.9. The van der Waals surface area contributed by atoms with Crippen LogP contribution < -0.4 is 20.3 Å². The van der Waals surface area contributed by atoms with Gasteiger partial charge in [-0.1, -0.05) is 6.07 Å². The van der Waals surface area contributed by atoms with Crippen LogP contribution in [0.3, 0.4) is 0 Å². The van der Waals surface area contributed by atoms with Crippen molar-refractivity contribution in [2.24, 2.45) is 0 Å². The molecule has 0 radical (unpaired) electrons. The highest BCUT2D eigenvalue weighted by molar-refractivity contribution is 5.81. The fourth-order valence-electron chi connectivity index (χ4n) is 4.91. The first-order chi connectivity index (χ1) is 17.8. The van der Waals surface area contributed by atoms with Gasteiger partial charge in [0.2, 0.25) is 0 Å². The second-order valence-electron chi connectivity index (χ2n) is 9.60. The maximum absolute atomic E-state index is 13.6. The first-order valence-corrected chi connectivity index (χ1v) is 12.2. The molecule has 5 rings (SSSR count). The summed E-state index contributed by atoms with van der Waals surface area (Å²) in [5.74, 6) is 0.175. The maximum Gasteiger partial charge on any atom is 0.258 e. The van der Waals surface area contributed by atoms with Gasteiger partial charge in [-0.05, 0) is 56.5 Å². The van der Waals surface area contributed by atoms with Crippen LogP contribution in [0.25, 0.3) is 22.2 Å². The molecule has 1 unspecified atom stereocenters. The molecule has 0 aliphatic carbocycles. The first-order valence-electron chi connectivity index (χ1n) is 12.2. The lowest BCUT2D eigenvalue weighted by Gasteiger charge is -2.33. The van der Waals surface area contributed by atoms with Gasteiger partial charge in [0.05, 0.1) is 23.7 Å². The Morgan fingerprint density at radius 3 is 2.38 bits per heavy atom. The van der Waals surface area contributed by atoms with Crippen LogP contribution in [0.1, 0.15) is 38.1 Å². The van der Waals surface area contributed by atoms with Crippen molar-refractivity contribution in [1.82, 2.24) is 20.3 Å². The summed E-state index contributed by atoms with van der Waals surface area (Å²) in [6, 6.07) is 10.8. The molecule has 1 aliphatic heterocycles. The van der Waals surface area contributed by atoms with E-state index in [2.05, 4.69) is 34.1 Å². The van der Waals surface area contributed by atoms with E-state index < -0.39 is 11.6 Å². The molecule has 192 valence electrons. The molecule has 2 N–H and O–H groups in total. The van der Waals surface area contributed by atoms with Crippen LogP contribution >= 0.6 is 0 Å². The van der Waals surface area contributed by atoms with Gasteiger partial charge in [0, 0.05) is 42.4 Å². The molecular weight excluding hydrogens is 478 g/mol. The van der Waals surface area contributed by atoms with Gasteiger partial charge in [-0.15, -0.1) is 0 Å². The number of benzene rings is 2. The predicted molar refractivity (Wildman–Crippen MR) is 137 cm³/mol. The third-order valence-corrected chi connectivity index (χ3v) is 6.49. The van der Waals surface area contributed by atoms with Gasteiger partial charge < -0.3 is 19.8 Å². The van der Waals surface area contributed by atoms with Gasteiger partial charge in [-0.2, -0.15) is 0 Å². The van der Waals surface area contributed by atoms with Crippen molar-refractivity contribution >= 4 is 10.9 Å². The molecule has 9 heteroatoms. The predicted octanol–water partition coefficient (Wildman–Crippen LogP) is 4.77. The lowest BCUT2D eigenvalue weighted by atomic mass is 9.97. The number of aromatic amines is 1. The molecule has 1 saturated heterocycles. The van der Waals surface area contributed by atoms with Crippen LogP contribution in [0.4, 0.5) is 8.78 Å². The SMILES string of the molecule is COc1cc2c(=O)[nH]c(Cc3ccc(-c4cc(F)cc(F)c4)nc3)nc2cc1OC1C[C@@H](C)N[C@@H](C)C1. The van der Waals surface area contributed by atoms with Gasteiger partial charge in [-0.25, -0.2) is 13.8 Å². The molecule has 4 aromatic rings. The highest BCUT2D eigenvalue weighted by Crippen LogP contribution is 2.33. The van der Waals surface area contributed by atoms with Crippen molar-refractivity contribution in [3.05, 3.63) is 82.0 Å². The summed E-state index contributed by atoms with van der Waals surface area (Å²) >= 11 is 0. The van der Waals surface area contributed by atoms with Crippen molar-refractivity contribution in [1.29, 1.82) is 0 Å². The van der Waals surface area contributed by atoms with Crippen LogP contribution in [0.15, 0.2) is 53.5 Å². The number of piperidine rings is 1. The highest BCUT2D eigenvalue weighted by Gasteiger charge is 2.26. The van der Waals surface area contributed by atoms with E-state index >= 15 is 0 Å². The number of pyridine rings is 1. The number of hydrogen-bond acceptors (Lipinski definition) is 6. The third kappa shape index (κ3) is 5.61. The van der Waals surface area contributed by atoms with Crippen LogP contribution in [0, 0.1) is 11.6 Å². The van der Waals surface area contributed by atoms with Gasteiger partial charge in [0.15, 0.2) is 11.5 Å². The number of rotatable bonds is 6. The molecule has 7 nitrogen and oxygen atoms in total. The van der Waals surface area contributed by atoms with E-state index in [1.54, 1.807) is 37.6 Å². The van der Waals surface area contributed by atoms with Crippen molar-refractivity contribution in [2.45, 2.75) is 51.3 Å². The molecule has 0 bridgehead atoms. The lowest BCUT2D eigenvalue weighted by molar-refractivity contribution is 0.120. The molecule has 0 amide bonds. The van der Waals surface area contributed by atoms with Crippen molar-refractivity contribution in [2.75, 3.05) is 7.11 Å². The number of hydrogen-bond donors (Lipinski definition) is 2. The van der Waals surface area contributed by atoms with Crippen molar-refractivity contribution in [3.63, 3.8) is 0 Å². The van der Waals surface area contributed by atoms with Crippen LogP contribution in [-0.4, -0.2) is 40.2 Å². The molecule has 0 saturated carbocycles. The normalized spacial score (nSPS) is 19.6. The van der Waals surface area contributed by atoms with Crippen LogP contribution in [0.2, 0.25) is 0 Å². The Balaban J connectivity index is 1.41. The summed E-state index contributed by atoms with van der Waals surface area (Å²) in [6.07, 6.45) is 3.68. The zero-order valence-corrected chi connectivity index (χ0v) is 20.8. The summed E-state index contributed by atoms with van der Waals surface area (Å²) in [5, 5.41) is 3.91. The molecule has 0 spiro atoms. The zero-order chi connectivity index (χ0) is 26.1. The van der Waals surface area contributed by atoms with E-state index in [4.69, 9.17) is 9.47 Å². The number of nitrogens with zero attached hydrogens (tertiary/aromatic N) is 2. The molecule has 3 atom stereocenters. The minimum atomic E-state index is -0.664. The van der Waals surface area contributed by atoms with Gasteiger partial charge in [0.25, 0.3) is 5.56 Å². The van der Waals surface area contributed by atoms with Crippen LogP contribution in [-0.2, 0) is 6.42 Å². The summed E-state index contributed by atoms with van der Waals surface area (Å²) in [5.41, 5.74) is 1.79. The third-order valence-electron chi connectivity index (χ3n) is 6.49. The smallest absolute Gasteiger partial charge is 0.258 e. The molecule has 1 fully saturated rings. The first kappa shape index (κ1) is 24.8. The Kier molecular flexibility index (Phi) is 6.88. The Labute approximate surface area is 212 Å². The summed E-state index contributed by atoms with van der Waals surface area (Å²) in [7, 11) is 1.55. The molecule has 37 heavy (non-hydrogen) atoms. The fourth-order valence-corrected chi connectivity index (χ4v) is 4.91. The number of fused-ring (bicyclic) bond motifs is 1. The van der Waals surface area contributed by atoms with Crippen LogP contribution in [0.5, 0.6) is 11.5 Å². The lowest BCUT2D eigenvalue weighted by Crippen LogP contribution is -2.46. The second kappa shape index (κ2) is 10.3. The number of nitrogens with one attached hydrogen (secondary N) is 2. The average molecular weight is 507 g/mol. The minimum Gasteiger partial charge on any atom is -0.493 e. The standard InChI is InChI=1S/C28H28F2N4O3/c1-15-6-21(7-16(2)32-15)37-26-13-24-22(12-25(26)36-3)28(35)34-27(33-24)8-17-4-5-23(31-14-17)18-9-19(29)11-20(30)10-18/h4-5,9-16,21,32H,6-8H2,1-3H3,(H,33,34,35)/t15-,16+,21?. The van der Waals surface area contributed by atoms with E-state index in [1.165, 1.54) is 12.1 Å². The average Bonchev–Trinajstić information content (AvgIpc) is 2.83. The Bertz CT molecular complexity index is 1460. The number of ether oxygens (including phenoxy) is 2. The second-order valence-corrected chi connectivity index (χ2v) is 9.60. The number of H-pyrrole nitrogens is 1. The minimum absolute atomic E-state index is 0.0234. The number of halogens is 2. The quantitative estimate of drug-likeness (QED) is 0.392. The maximum atomic E-state index is 13.6. The van der Waals surface area contributed by atoms with E-state index in [1.807, 2.05) is 0 Å². The Morgan fingerprint density at radius 2 is 1.73 bits per heavy atom. The largest absolute Gasteiger partial charge is 0.493 e. The molecule has 2 aromatic carbocycles. The van der Waals surface area contributed by atoms with Gasteiger partial charge in [0.1, 0.15) is 23.6 Å². The summed E-state index contributed by atoms with van der Waals surface area (Å²) in [6.45, 7) is 4.27. The topological polar surface area (TPSA) is 89.1 Å². The number of methoxy groups -OCH3 is 1. The molecule has 2 aromatic heterocycles.